The number of halogens is 2. The summed E-state index contributed by atoms with van der Waals surface area (Å²) < 4.78 is 19.2. The zero-order valence-electron chi connectivity index (χ0n) is 15.6. The molecule has 0 spiro atoms. The first-order chi connectivity index (χ1) is 14.5. The summed E-state index contributed by atoms with van der Waals surface area (Å²) >= 11 is 5.85. The fourth-order valence-electron chi connectivity index (χ4n) is 2.36. The largest absolute Gasteiger partial charge is 0.489 e. The highest BCUT2D eigenvalue weighted by Gasteiger charge is 2.14. The molecule has 0 atom stereocenters. The third-order valence-electron chi connectivity index (χ3n) is 3.91. The lowest BCUT2D eigenvalue weighted by Gasteiger charge is -2.06. The molecule has 0 aliphatic heterocycles. The first-order valence-corrected chi connectivity index (χ1v) is 9.25. The molecule has 0 saturated carbocycles. The Morgan fingerprint density at radius 2 is 1.67 bits per heavy atom. The Balaban J connectivity index is 1.47. The molecule has 152 valence electrons. The molecular weight excluding hydrogens is 409 g/mol. The standard InChI is InChI=1S/C22H17ClFN3O3/c23-17-9-5-16(6-10-17)14-30-18-11-7-15(8-12-18)13-25-27-22(29)21(28)26-20-4-2-1-3-19(20)24/h1-13H,14H2,(H,26,28)(H,27,29)/b25-13+. The zero-order valence-corrected chi connectivity index (χ0v) is 16.4. The smallest absolute Gasteiger partial charge is 0.329 e. The summed E-state index contributed by atoms with van der Waals surface area (Å²) in [7, 11) is 0. The van der Waals surface area contributed by atoms with E-state index in [0.29, 0.717) is 22.9 Å². The first kappa shape index (κ1) is 21.0. The number of rotatable bonds is 6. The van der Waals surface area contributed by atoms with Crippen molar-refractivity contribution in [2.75, 3.05) is 5.32 Å². The second-order valence-electron chi connectivity index (χ2n) is 6.12. The van der Waals surface area contributed by atoms with E-state index in [4.69, 9.17) is 16.3 Å². The zero-order chi connectivity index (χ0) is 21.3. The third-order valence-corrected chi connectivity index (χ3v) is 4.16. The number of nitrogens with zero attached hydrogens (tertiary/aromatic N) is 1. The number of ether oxygens (including phenoxy) is 1. The molecule has 3 rings (SSSR count). The van der Waals surface area contributed by atoms with Crippen LogP contribution in [0.3, 0.4) is 0 Å². The molecule has 2 amide bonds. The van der Waals surface area contributed by atoms with E-state index in [9.17, 15) is 14.0 Å². The van der Waals surface area contributed by atoms with Gasteiger partial charge in [-0.1, -0.05) is 35.9 Å². The highest BCUT2D eigenvalue weighted by Crippen LogP contribution is 2.15. The molecule has 3 aromatic rings. The molecule has 0 fully saturated rings. The maximum absolute atomic E-state index is 13.5. The van der Waals surface area contributed by atoms with Crippen LogP contribution >= 0.6 is 11.6 Å². The fourth-order valence-corrected chi connectivity index (χ4v) is 2.48. The van der Waals surface area contributed by atoms with Crippen molar-refractivity contribution in [2.45, 2.75) is 6.61 Å². The van der Waals surface area contributed by atoms with Crippen molar-refractivity contribution in [1.29, 1.82) is 0 Å². The van der Waals surface area contributed by atoms with Gasteiger partial charge < -0.3 is 10.1 Å². The predicted octanol–water partition coefficient (Wildman–Crippen LogP) is 4.15. The van der Waals surface area contributed by atoms with Crippen LogP contribution in [-0.2, 0) is 16.2 Å². The number of anilines is 1. The minimum atomic E-state index is -1.02. The number of nitrogens with one attached hydrogen (secondary N) is 2. The van der Waals surface area contributed by atoms with Crippen molar-refractivity contribution >= 4 is 35.3 Å². The fraction of sp³-hybridized carbons (Fsp3) is 0.0455. The molecule has 0 aliphatic rings. The van der Waals surface area contributed by atoms with Gasteiger partial charge in [-0.2, -0.15) is 5.10 Å². The number of hydrazone groups is 1. The van der Waals surface area contributed by atoms with E-state index in [2.05, 4.69) is 15.8 Å². The van der Waals surface area contributed by atoms with Crippen molar-refractivity contribution in [3.8, 4) is 5.75 Å². The summed E-state index contributed by atoms with van der Waals surface area (Å²) in [6.07, 6.45) is 1.37. The number of amides is 2. The van der Waals surface area contributed by atoms with Crippen molar-refractivity contribution in [3.05, 3.63) is 94.8 Å². The summed E-state index contributed by atoms with van der Waals surface area (Å²) in [5.74, 6) is -2.02. The van der Waals surface area contributed by atoms with E-state index in [1.165, 1.54) is 30.5 Å². The highest BCUT2D eigenvalue weighted by atomic mass is 35.5. The lowest BCUT2D eigenvalue weighted by atomic mass is 10.2. The summed E-state index contributed by atoms with van der Waals surface area (Å²) in [6, 6.07) is 19.9. The average molecular weight is 426 g/mol. The maximum atomic E-state index is 13.5. The Bertz CT molecular complexity index is 1050. The van der Waals surface area contributed by atoms with Crippen LogP contribution < -0.4 is 15.5 Å². The van der Waals surface area contributed by atoms with Gasteiger partial charge >= 0.3 is 11.8 Å². The number of benzene rings is 3. The second-order valence-corrected chi connectivity index (χ2v) is 6.55. The van der Waals surface area contributed by atoms with E-state index >= 15 is 0 Å². The van der Waals surface area contributed by atoms with Gasteiger partial charge in [0.2, 0.25) is 0 Å². The molecule has 0 unspecified atom stereocenters. The molecule has 0 heterocycles. The normalized spacial score (nSPS) is 10.6. The molecule has 0 radical (unpaired) electrons. The minimum Gasteiger partial charge on any atom is -0.489 e. The van der Waals surface area contributed by atoms with Gasteiger partial charge in [0.05, 0.1) is 11.9 Å². The molecule has 30 heavy (non-hydrogen) atoms. The van der Waals surface area contributed by atoms with Crippen LogP contribution in [0.1, 0.15) is 11.1 Å². The Morgan fingerprint density at radius 1 is 0.967 bits per heavy atom. The molecule has 8 heteroatoms. The van der Waals surface area contributed by atoms with Gasteiger partial charge in [0.15, 0.2) is 0 Å². The average Bonchev–Trinajstić information content (AvgIpc) is 2.76. The summed E-state index contributed by atoms with van der Waals surface area (Å²) in [6.45, 7) is 0.401. The van der Waals surface area contributed by atoms with Crippen LogP contribution in [-0.4, -0.2) is 18.0 Å². The van der Waals surface area contributed by atoms with Gasteiger partial charge in [0, 0.05) is 5.02 Å². The maximum Gasteiger partial charge on any atom is 0.329 e. The van der Waals surface area contributed by atoms with Crippen LogP contribution in [0.15, 0.2) is 77.9 Å². The summed E-state index contributed by atoms with van der Waals surface area (Å²) in [5.41, 5.74) is 3.67. The van der Waals surface area contributed by atoms with Gasteiger partial charge in [-0.3, -0.25) is 9.59 Å². The van der Waals surface area contributed by atoms with Crippen molar-refractivity contribution in [1.82, 2.24) is 5.43 Å². The van der Waals surface area contributed by atoms with E-state index in [1.807, 2.05) is 12.1 Å². The van der Waals surface area contributed by atoms with Crippen LogP contribution in [0.4, 0.5) is 10.1 Å². The molecule has 0 bridgehead atoms. The minimum absolute atomic E-state index is 0.0872. The van der Waals surface area contributed by atoms with E-state index in [-0.39, 0.29) is 5.69 Å². The summed E-state index contributed by atoms with van der Waals surface area (Å²) in [5, 5.41) is 6.56. The Morgan fingerprint density at radius 3 is 2.37 bits per heavy atom. The molecule has 6 nitrogen and oxygen atoms in total. The van der Waals surface area contributed by atoms with E-state index in [1.54, 1.807) is 36.4 Å². The SMILES string of the molecule is O=C(N/N=C/c1ccc(OCc2ccc(Cl)cc2)cc1)C(=O)Nc1ccccc1F. The summed E-state index contributed by atoms with van der Waals surface area (Å²) in [4.78, 5) is 23.5. The number of carbonyl (C=O) groups excluding carboxylic acids is 2. The molecule has 0 saturated heterocycles. The van der Waals surface area contributed by atoms with Gasteiger partial charge in [-0.05, 0) is 59.7 Å². The van der Waals surface area contributed by atoms with E-state index < -0.39 is 17.6 Å². The molecule has 3 aromatic carbocycles. The highest BCUT2D eigenvalue weighted by molar-refractivity contribution is 6.39. The molecular formula is C22H17ClFN3O3. The first-order valence-electron chi connectivity index (χ1n) is 8.87. The van der Waals surface area contributed by atoms with Gasteiger partial charge in [0.25, 0.3) is 0 Å². The molecule has 2 N–H and O–H groups in total. The number of hydrogen-bond donors (Lipinski definition) is 2. The number of hydrogen-bond acceptors (Lipinski definition) is 4. The van der Waals surface area contributed by atoms with Gasteiger partial charge in [-0.25, -0.2) is 9.82 Å². The monoisotopic (exact) mass is 425 g/mol. The number of carbonyl (C=O) groups is 2. The predicted molar refractivity (Wildman–Crippen MR) is 113 cm³/mol. The van der Waals surface area contributed by atoms with Crippen LogP contribution in [0.2, 0.25) is 5.02 Å². The Kier molecular flexibility index (Phi) is 7.13. The molecule has 0 aromatic heterocycles. The van der Waals surface area contributed by atoms with E-state index in [0.717, 1.165) is 5.56 Å². The van der Waals surface area contributed by atoms with Crippen molar-refractivity contribution < 1.29 is 18.7 Å². The van der Waals surface area contributed by atoms with Crippen molar-refractivity contribution in [3.63, 3.8) is 0 Å². The van der Waals surface area contributed by atoms with Gasteiger partial charge in [-0.15, -0.1) is 0 Å². The second kappa shape index (κ2) is 10.2. The lowest BCUT2D eigenvalue weighted by molar-refractivity contribution is -0.136. The van der Waals surface area contributed by atoms with Crippen LogP contribution in [0.25, 0.3) is 0 Å². The lowest BCUT2D eigenvalue weighted by Crippen LogP contribution is -2.32. The van der Waals surface area contributed by atoms with Crippen LogP contribution in [0, 0.1) is 5.82 Å². The van der Waals surface area contributed by atoms with Gasteiger partial charge in [0.1, 0.15) is 18.2 Å². The quantitative estimate of drug-likeness (QED) is 0.354. The Labute approximate surface area is 177 Å². The van der Waals surface area contributed by atoms with Crippen molar-refractivity contribution in [2.24, 2.45) is 5.10 Å². The Hall–Kier alpha value is -3.71. The molecule has 0 aliphatic carbocycles. The van der Waals surface area contributed by atoms with Crippen LogP contribution in [0.5, 0.6) is 5.75 Å². The third kappa shape index (κ3) is 6.15. The topological polar surface area (TPSA) is 79.8 Å². The number of para-hydroxylation sites is 1.